The summed E-state index contributed by atoms with van der Waals surface area (Å²) in [6, 6.07) is 0. The molecule has 3 heteroatoms. The zero-order valence-electron chi connectivity index (χ0n) is 24.8. The third-order valence-corrected chi connectivity index (χ3v) is 13.2. The molecule has 0 aromatic heterocycles. The molecule has 0 saturated heterocycles. The number of aldehydes is 1. The predicted molar refractivity (Wildman–Crippen MR) is 161 cm³/mol. The van der Waals surface area contributed by atoms with Gasteiger partial charge in [0.25, 0.3) is 0 Å². The minimum atomic E-state index is 0.107. The number of allylic oxidation sites excluding steroid dienone is 5. The minimum Gasteiger partial charge on any atom is -0.365 e. The van der Waals surface area contributed by atoms with Crippen molar-refractivity contribution in [1.82, 2.24) is 5.32 Å². The first-order chi connectivity index (χ1) is 18.2. The first kappa shape index (κ1) is 28.5. The van der Waals surface area contributed by atoms with Crippen LogP contribution in [0.3, 0.4) is 0 Å². The highest BCUT2D eigenvalue weighted by Crippen LogP contribution is 2.70. The summed E-state index contributed by atoms with van der Waals surface area (Å²) < 4.78 is 0. The molecule has 5 rings (SSSR count). The quantitative estimate of drug-likeness (QED) is 0.246. The van der Waals surface area contributed by atoms with Gasteiger partial charge in [-0.3, -0.25) is 0 Å². The van der Waals surface area contributed by atoms with Crippen LogP contribution in [0.15, 0.2) is 36.2 Å². The molecule has 0 aromatic rings. The Morgan fingerprint density at radius 1 is 0.974 bits per heavy atom. The molecule has 0 spiro atoms. The van der Waals surface area contributed by atoms with Crippen molar-refractivity contribution >= 4 is 17.9 Å². The van der Waals surface area contributed by atoms with E-state index < -0.39 is 0 Å². The topological polar surface area (TPSA) is 29.1 Å². The van der Waals surface area contributed by atoms with Gasteiger partial charge in [-0.05, 0) is 115 Å². The second kappa shape index (κ2) is 11.5. The molecule has 4 aliphatic carbocycles. The van der Waals surface area contributed by atoms with Crippen LogP contribution in [0.1, 0.15) is 98.8 Å². The Hall–Kier alpha value is -1.02. The lowest BCUT2D eigenvalue weighted by molar-refractivity contribution is -0.157. The van der Waals surface area contributed by atoms with E-state index in [9.17, 15) is 4.79 Å². The third kappa shape index (κ3) is 4.88. The summed E-state index contributed by atoms with van der Waals surface area (Å²) in [5.41, 5.74) is 2.01. The average molecular weight is 540 g/mol. The number of alkyl halides is 1. The summed E-state index contributed by atoms with van der Waals surface area (Å²) in [5.74, 6) is 7.10. The SMILES string of the molecule is CC(C)CCC[C@@H](C)[C@H]1CC[C@H]2[C@@H]3C(CCl)C[C@H]4C(C5=CC=CC=CN5)C(C=O)CC[C@]4(C)[C@H]3CC[C@]12C. The maximum atomic E-state index is 12.4. The molecule has 0 amide bonds. The Morgan fingerprint density at radius 3 is 2.47 bits per heavy atom. The van der Waals surface area contributed by atoms with Gasteiger partial charge in [-0.15, -0.1) is 11.6 Å². The average Bonchev–Trinajstić information content (AvgIpc) is 3.05. The predicted octanol–water partition coefficient (Wildman–Crippen LogP) is 9.17. The summed E-state index contributed by atoms with van der Waals surface area (Å²) in [6.07, 6.45) is 25.0. The Balaban J connectivity index is 1.42. The summed E-state index contributed by atoms with van der Waals surface area (Å²) >= 11 is 6.92. The molecule has 0 radical (unpaired) electrons. The third-order valence-electron chi connectivity index (χ3n) is 12.8. The lowest BCUT2D eigenvalue weighted by Crippen LogP contribution is -2.59. The van der Waals surface area contributed by atoms with E-state index in [1.54, 1.807) is 0 Å². The van der Waals surface area contributed by atoms with Crippen molar-refractivity contribution in [2.75, 3.05) is 5.88 Å². The van der Waals surface area contributed by atoms with Crippen LogP contribution in [0.4, 0.5) is 0 Å². The lowest BCUT2D eigenvalue weighted by atomic mass is 9.40. The maximum Gasteiger partial charge on any atom is 0.123 e. The highest BCUT2D eigenvalue weighted by molar-refractivity contribution is 6.18. The molecule has 3 unspecified atom stereocenters. The van der Waals surface area contributed by atoms with Crippen molar-refractivity contribution in [1.29, 1.82) is 0 Å². The lowest BCUT2D eigenvalue weighted by Gasteiger charge is -2.65. The van der Waals surface area contributed by atoms with Gasteiger partial charge in [-0.1, -0.05) is 66.0 Å². The number of carbonyl (C=O) groups excluding carboxylic acids is 1. The fourth-order valence-electron chi connectivity index (χ4n) is 11.0. The van der Waals surface area contributed by atoms with Gasteiger partial charge in [0.2, 0.25) is 0 Å². The van der Waals surface area contributed by atoms with E-state index in [1.165, 1.54) is 69.8 Å². The van der Waals surface area contributed by atoms with Gasteiger partial charge in [0.15, 0.2) is 0 Å². The van der Waals surface area contributed by atoms with Gasteiger partial charge in [0.05, 0.1) is 0 Å². The monoisotopic (exact) mass is 539 g/mol. The van der Waals surface area contributed by atoms with Gasteiger partial charge >= 0.3 is 0 Å². The molecular formula is C35H54ClNO. The van der Waals surface area contributed by atoms with Gasteiger partial charge in [-0.25, -0.2) is 0 Å². The van der Waals surface area contributed by atoms with E-state index in [4.69, 9.17) is 11.6 Å². The van der Waals surface area contributed by atoms with E-state index in [-0.39, 0.29) is 11.8 Å². The number of nitrogens with one attached hydrogen (secondary N) is 1. The first-order valence-electron chi connectivity index (χ1n) is 16.1. The van der Waals surface area contributed by atoms with E-state index in [2.05, 4.69) is 64.2 Å². The van der Waals surface area contributed by atoms with Gasteiger partial charge in [0, 0.05) is 29.6 Å². The second-order valence-corrected chi connectivity index (χ2v) is 15.3. The molecule has 0 aromatic carbocycles. The van der Waals surface area contributed by atoms with Crippen LogP contribution < -0.4 is 5.32 Å². The standard InChI is InChI=1S/C35H54ClNO/c1-23(2)10-9-11-24(3)27-13-14-28-32-26(21-36)20-30-33(31-12-7-6-8-19-37-31)25(22-38)15-17-35(30,5)29(32)16-18-34(27,28)4/h6-8,12,19,22-30,32-33,37H,9-11,13-18,20-21H2,1-5H3/t24-,25?,26?,27-,28+,29+,30+,32+,33?,34-,35-/m1/s1. The van der Waals surface area contributed by atoms with Crippen molar-refractivity contribution in [2.45, 2.75) is 98.8 Å². The minimum absolute atomic E-state index is 0.107. The molecule has 0 bridgehead atoms. The van der Waals surface area contributed by atoms with Crippen LogP contribution >= 0.6 is 11.6 Å². The van der Waals surface area contributed by atoms with E-state index in [0.29, 0.717) is 22.7 Å². The van der Waals surface area contributed by atoms with Crippen LogP contribution in [-0.2, 0) is 4.79 Å². The Kier molecular flexibility index (Phi) is 8.60. The van der Waals surface area contributed by atoms with Gasteiger partial charge < -0.3 is 10.1 Å². The van der Waals surface area contributed by atoms with Crippen LogP contribution in [0, 0.1) is 70.0 Å². The second-order valence-electron chi connectivity index (χ2n) is 15.0. The van der Waals surface area contributed by atoms with Gasteiger partial charge in [0.1, 0.15) is 6.29 Å². The Morgan fingerprint density at radius 2 is 1.74 bits per heavy atom. The molecule has 1 aliphatic heterocycles. The molecule has 212 valence electrons. The van der Waals surface area contributed by atoms with Crippen molar-refractivity contribution in [3.63, 3.8) is 0 Å². The summed E-state index contributed by atoms with van der Waals surface area (Å²) in [5, 5.41) is 3.58. The number of rotatable bonds is 8. The normalized spacial score (nSPS) is 44.9. The summed E-state index contributed by atoms with van der Waals surface area (Å²) in [7, 11) is 0. The van der Waals surface area contributed by atoms with E-state index in [0.717, 1.165) is 47.8 Å². The highest BCUT2D eigenvalue weighted by atomic mass is 35.5. The van der Waals surface area contributed by atoms with E-state index >= 15 is 0 Å². The summed E-state index contributed by atoms with van der Waals surface area (Å²) in [4.78, 5) is 12.4. The zero-order valence-corrected chi connectivity index (χ0v) is 25.6. The number of hydrogen-bond donors (Lipinski definition) is 1. The molecule has 4 saturated carbocycles. The van der Waals surface area contributed by atoms with Crippen molar-refractivity contribution < 1.29 is 4.79 Å². The molecule has 2 nitrogen and oxygen atoms in total. The molecule has 38 heavy (non-hydrogen) atoms. The largest absolute Gasteiger partial charge is 0.365 e. The van der Waals surface area contributed by atoms with Crippen LogP contribution in [0.2, 0.25) is 0 Å². The van der Waals surface area contributed by atoms with Gasteiger partial charge in [-0.2, -0.15) is 0 Å². The molecule has 1 N–H and O–H groups in total. The number of hydrogen-bond acceptors (Lipinski definition) is 2. The van der Waals surface area contributed by atoms with Crippen LogP contribution in [0.25, 0.3) is 0 Å². The fraction of sp³-hybridized carbons (Fsp3) is 0.800. The van der Waals surface area contributed by atoms with Crippen molar-refractivity contribution in [3.8, 4) is 0 Å². The Bertz CT molecular complexity index is 936. The highest BCUT2D eigenvalue weighted by Gasteiger charge is 2.64. The first-order valence-corrected chi connectivity index (χ1v) is 16.6. The summed E-state index contributed by atoms with van der Waals surface area (Å²) in [6.45, 7) is 12.6. The number of carbonyl (C=O) groups is 1. The van der Waals surface area contributed by atoms with Crippen LogP contribution in [0.5, 0.6) is 0 Å². The number of halogens is 1. The molecule has 4 fully saturated rings. The fourth-order valence-corrected chi connectivity index (χ4v) is 11.3. The molecular weight excluding hydrogens is 486 g/mol. The molecule has 11 atom stereocenters. The maximum absolute atomic E-state index is 12.4. The van der Waals surface area contributed by atoms with Crippen molar-refractivity contribution in [3.05, 3.63) is 36.2 Å². The smallest absolute Gasteiger partial charge is 0.123 e. The Labute approximate surface area is 238 Å². The van der Waals surface area contributed by atoms with Crippen LogP contribution in [-0.4, -0.2) is 12.2 Å². The van der Waals surface area contributed by atoms with E-state index in [1.807, 2.05) is 6.20 Å². The molecule has 1 heterocycles. The zero-order chi connectivity index (χ0) is 27.1. The van der Waals surface area contributed by atoms with Crippen molar-refractivity contribution in [2.24, 2.45) is 70.0 Å². The molecule has 5 aliphatic rings. The number of fused-ring (bicyclic) bond motifs is 5.